The van der Waals surface area contributed by atoms with E-state index in [0.29, 0.717) is 0 Å². The zero-order chi connectivity index (χ0) is 4.83. The van der Waals surface area contributed by atoms with Crippen LogP contribution >= 0.6 is 15.9 Å². The Morgan fingerprint density at radius 1 is 2.20 bits per heavy atom. The SMILES string of the molecule is [3H]C#CCCBr. The number of hydrogen-bond acceptors (Lipinski definition) is 0. The summed E-state index contributed by atoms with van der Waals surface area (Å²) < 4.78 is 6.32. The summed E-state index contributed by atoms with van der Waals surface area (Å²) in [4.78, 5) is 0. The van der Waals surface area contributed by atoms with Gasteiger partial charge in [0.05, 0.1) is 0 Å². The van der Waals surface area contributed by atoms with Crippen LogP contribution in [0.15, 0.2) is 0 Å². The van der Waals surface area contributed by atoms with Crippen LogP contribution in [0.1, 0.15) is 7.79 Å². The first kappa shape index (κ1) is 3.24. The summed E-state index contributed by atoms with van der Waals surface area (Å²) in [5.41, 5.74) is 0. The zero-order valence-electron chi connectivity index (χ0n) is 3.79. The molecule has 0 fully saturated rings. The number of terminal acetylenes is 1. The van der Waals surface area contributed by atoms with Crippen LogP contribution in [0.2, 0.25) is 0 Å². The first-order valence-corrected chi connectivity index (χ1v) is 2.49. The van der Waals surface area contributed by atoms with E-state index in [1.54, 1.807) is 0 Å². The van der Waals surface area contributed by atoms with Gasteiger partial charge < -0.3 is 0 Å². The standard InChI is InChI=1S/C4H5Br/c1-2-3-4-5/h1H,3-4H2/i1T. The molecule has 0 rings (SSSR count). The number of halogens is 1. The van der Waals surface area contributed by atoms with Crippen LogP contribution in [0.4, 0.5) is 0 Å². The summed E-state index contributed by atoms with van der Waals surface area (Å²) in [6.07, 6.45) is 2.82. The Balaban J connectivity index is 2.79. The minimum Gasteiger partial charge on any atom is -0.120 e. The van der Waals surface area contributed by atoms with Crippen LogP contribution in [-0.4, -0.2) is 5.33 Å². The van der Waals surface area contributed by atoms with Gasteiger partial charge in [-0.1, -0.05) is 15.9 Å². The number of alkyl halides is 1. The Hall–Kier alpha value is 0.0400. The maximum Gasteiger partial charge on any atom is 0.124 e. The van der Waals surface area contributed by atoms with Crippen molar-refractivity contribution >= 4 is 15.9 Å². The van der Waals surface area contributed by atoms with Crippen molar-refractivity contribution in [3.63, 3.8) is 0 Å². The molecule has 0 saturated carbocycles. The first-order valence-electron chi connectivity index (χ1n) is 1.87. The third-order valence-electron chi connectivity index (χ3n) is 0.219. The molecular weight excluding hydrogens is 128 g/mol. The highest BCUT2D eigenvalue weighted by Crippen LogP contribution is 1.80. The molecule has 0 aliphatic rings. The van der Waals surface area contributed by atoms with Crippen molar-refractivity contribution in [2.45, 2.75) is 6.42 Å². The molecule has 5 heavy (non-hydrogen) atoms. The van der Waals surface area contributed by atoms with Gasteiger partial charge in [0.2, 0.25) is 0 Å². The Kier molecular flexibility index (Phi) is 2.62. The average molecular weight is 135 g/mol. The Labute approximate surface area is 42.1 Å². The van der Waals surface area contributed by atoms with Gasteiger partial charge in [0.25, 0.3) is 0 Å². The van der Waals surface area contributed by atoms with Crippen molar-refractivity contribution in [3.8, 4) is 12.3 Å². The molecule has 0 aliphatic heterocycles. The monoisotopic (exact) mass is 134 g/mol. The molecule has 0 bridgehead atoms. The summed E-state index contributed by atoms with van der Waals surface area (Å²) in [5, 5.41) is 0.874. The van der Waals surface area contributed by atoms with Crippen LogP contribution in [0, 0.1) is 12.3 Å². The summed E-state index contributed by atoms with van der Waals surface area (Å²) in [7, 11) is 0. The average Bonchev–Trinajstić information content (AvgIpc) is 1.61. The quantitative estimate of drug-likeness (QED) is 0.376. The lowest BCUT2D eigenvalue weighted by Crippen LogP contribution is -1.59. The highest BCUT2D eigenvalue weighted by Gasteiger charge is 1.63. The Morgan fingerprint density at radius 3 is 3.20 bits per heavy atom. The minimum atomic E-state index is 0.781. The van der Waals surface area contributed by atoms with Crippen molar-refractivity contribution in [3.05, 3.63) is 0 Å². The molecule has 1 heteroatoms. The second-order valence-corrected chi connectivity index (χ2v) is 1.41. The molecule has 0 radical (unpaired) electrons. The number of hydrogen-bond donors (Lipinski definition) is 0. The number of rotatable bonds is 1. The van der Waals surface area contributed by atoms with Crippen LogP contribution in [0.25, 0.3) is 0 Å². The molecule has 0 aromatic carbocycles. The molecule has 0 N–H and O–H groups in total. The minimum absolute atomic E-state index is 0.781. The Morgan fingerprint density at radius 2 is 3.00 bits per heavy atom. The lowest BCUT2D eigenvalue weighted by atomic mass is 10.5. The predicted molar refractivity (Wildman–Crippen MR) is 27.2 cm³/mol. The van der Waals surface area contributed by atoms with Gasteiger partial charge in [-0.2, -0.15) is 0 Å². The summed E-state index contributed by atoms with van der Waals surface area (Å²) in [6, 6.07) is 0. The van der Waals surface area contributed by atoms with Crippen molar-refractivity contribution < 1.29 is 1.37 Å². The molecule has 0 amide bonds. The highest BCUT2D eigenvalue weighted by atomic mass is 79.9. The van der Waals surface area contributed by atoms with Crippen molar-refractivity contribution in [1.82, 2.24) is 0 Å². The summed E-state index contributed by atoms with van der Waals surface area (Å²) >= 11 is 3.16. The molecule has 0 aromatic heterocycles. The van der Waals surface area contributed by atoms with E-state index >= 15 is 0 Å². The van der Waals surface area contributed by atoms with E-state index < -0.39 is 0 Å². The molecule has 0 heterocycles. The smallest absolute Gasteiger partial charge is 0.120 e. The fraction of sp³-hybridized carbons (Fsp3) is 0.500. The van der Waals surface area contributed by atoms with Gasteiger partial charge in [0.1, 0.15) is 1.37 Å². The molecule has 0 atom stereocenters. The van der Waals surface area contributed by atoms with Crippen LogP contribution < -0.4 is 0 Å². The van der Waals surface area contributed by atoms with E-state index in [4.69, 9.17) is 1.37 Å². The van der Waals surface area contributed by atoms with E-state index in [-0.39, 0.29) is 0 Å². The van der Waals surface area contributed by atoms with E-state index in [1.807, 2.05) is 6.40 Å². The van der Waals surface area contributed by atoms with Gasteiger partial charge in [-0.25, -0.2) is 0 Å². The molecule has 0 nitrogen and oxygen atoms in total. The fourth-order valence-electron chi connectivity index (χ4n) is 0.0472. The van der Waals surface area contributed by atoms with E-state index in [9.17, 15) is 0 Å². The van der Waals surface area contributed by atoms with E-state index in [0.717, 1.165) is 11.8 Å². The molecule has 0 aliphatic carbocycles. The topological polar surface area (TPSA) is 0 Å². The molecule has 28 valence electrons. The van der Waals surface area contributed by atoms with Gasteiger partial charge in [-0.3, -0.25) is 0 Å². The van der Waals surface area contributed by atoms with E-state index in [1.165, 1.54) is 0 Å². The van der Waals surface area contributed by atoms with E-state index in [2.05, 4.69) is 21.9 Å². The fourth-order valence-corrected chi connectivity index (χ4v) is 0.245. The van der Waals surface area contributed by atoms with Gasteiger partial charge >= 0.3 is 0 Å². The van der Waals surface area contributed by atoms with Gasteiger partial charge in [-0.15, -0.1) is 12.3 Å². The zero-order valence-corrected chi connectivity index (χ0v) is 4.38. The van der Waals surface area contributed by atoms with Gasteiger partial charge in [-0.05, 0) is 0 Å². The molecule has 0 spiro atoms. The lowest BCUT2D eigenvalue weighted by molar-refractivity contribution is 1.32. The van der Waals surface area contributed by atoms with Crippen molar-refractivity contribution in [2.24, 2.45) is 0 Å². The molecular formula is C4H5Br. The van der Waals surface area contributed by atoms with Crippen molar-refractivity contribution in [1.29, 1.82) is 0 Å². The highest BCUT2D eigenvalue weighted by molar-refractivity contribution is 9.09. The largest absolute Gasteiger partial charge is 0.124 e. The second kappa shape index (κ2) is 4.04. The lowest BCUT2D eigenvalue weighted by Gasteiger charge is -1.67. The molecule has 0 saturated heterocycles. The van der Waals surface area contributed by atoms with Gasteiger partial charge in [0.15, 0.2) is 0 Å². The Bertz CT molecular complexity index is 69.4. The second-order valence-electron chi connectivity index (χ2n) is 0.616. The normalized spacial score (nSPS) is 7.80. The van der Waals surface area contributed by atoms with Crippen LogP contribution in [0.5, 0.6) is 0 Å². The summed E-state index contributed by atoms with van der Waals surface area (Å²) in [5.74, 6) is 2.57. The third kappa shape index (κ3) is 4.04. The maximum absolute atomic E-state index is 6.32. The first-order chi connectivity index (χ1) is 2.91. The summed E-state index contributed by atoms with van der Waals surface area (Å²) in [6.45, 7) is 0. The predicted octanol–water partition coefficient (Wildman–Crippen LogP) is 1.40. The van der Waals surface area contributed by atoms with Crippen LogP contribution in [0.3, 0.4) is 0 Å². The van der Waals surface area contributed by atoms with Gasteiger partial charge in [0, 0.05) is 11.8 Å². The maximum atomic E-state index is 6.32. The molecule has 0 aromatic rings. The van der Waals surface area contributed by atoms with Crippen molar-refractivity contribution in [2.75, 3.05) is 5.33 Å². The molecule has 0 unspecified atom stereocenters. The third-order valence-corrected chi connectivity index (χ3v) is 0.616. The van der Waals surface area contributed by atoms with Crippen LogP contribution in [-0.2, 0) is 0 Å².